The molecule has 4 heteroatoms. The largest absolute Gasteiger partial charge is 0.508 e. The number of nitrogens with one attached hydrogen (secondary N) is 1. The maximum absolute atomic E-state index is 11.8. The highest BCUT2D eigenvalue weighted by molar-refractivity contribution is 6.10. The summed E-state index contributed by atoms with van der Waals surface area (Å²) in [5.41, 5.74) is 2.91. The predicted octanol–water partition coefficient (Wildman–Crippen LogP) is 1.87. The number of phenols is 1. The van der Waals surface area contributed by atoms with Crippen molar-refractivity contribution >= 4 is 11.8 Å². The molecule has 1 aliphatic heterocycles. The molecule has 0 aliphatic carbocycles. The molecule has 1 aliphatic rings. The first kappa shape index (κ1) is 11.5. The Kier molecular flexibility index (Phi) is 2.56. The zero-order valence-corrected chi connectivity index (χ0v) is 10.0. The van der Waals surface area contributed by atoms with E-state index in [9.17, 15) is 14.7 Å². The fourth-order valence-electron chi connectivity index (χ4n) is 2.22. The Morgan fingerprint density at radius 1 is 1.00 bits per heavy atom. The average Bonchev–Trinajstić information content (AvgIpc) is 2.38. The molecule has 0 saturated carbocycles. The Morgan fingerprint density at radius 3 is 2.58 bits per heavy atom. The van der Waals surface area contributed by atoms with E-state index in [4.69, 9.17) is 0 Å². The topological polar surface area (TPSA) is 66.4 Å². The molecule has 2 amide bonds. The number of hydrogen-bond acceptors (Lipinski definition) is 3. The van der Waals surface area contributed by atoms with E-state index in [1.165, 1.54) is 0 Å². The summed E-state index contributed by atoms with van der Waals surface area (Å²) < 4.78 is 0. The lowest BCUT2D eigenvalue weighted by Gasteiger charge is -2.16. The predicted molar refractivity (Wildman–Crippen MR) is 69.7 cm³/mol. The molecule has 3 rings (SSSR count). The second kappa shape index (κ2) is 4.24. The van der Waals surface area contributed by atoms with Gasteiger partial charge in [-0.1, -0.05) is 24.3 Å². The third-order valence-corrected chi connectivity index (χ3v) is 3.14. The zero-order valence-electron chi connectivity index (χ0n) is 10.0. The lowest BCUT2D eigenvalue weighted by molar-refractivity contribution is -0.119. The van der Waals surface area contributed by atoms with Crippen LogP contribution in [0, 0.1) is 0 Å². The maximum Gasteiger partial charge on any atom is 0.258 e. The van der Waals surface area contributed by atoms with Gasteiger partial charge in [0.25, 0.3) is 5.91 Å². The van der Waals surface area contributed by atoms with E-state index in [-0.39, 0.29) is 24.0 Å². The molecule has 0 fully saturated rings. The van der Waals surface area contributed by atoms with Gasteiger partial charge in [-0.15, -0.1) is 0 Å². The quantitative estimate of drug-likeness (QED) is 0.762. The van der Waals surface area contributed by atoms with E-state index in [0.29, 0.717) is 5.56 Å². The van der Waals surface area contributed by atoms with Gasteiger partial charge in [-0.05, 0) is 34.9 Å². The molecule has 0 spiro atoms. The first-order chi connectivity index (χ1) is 9.13. The molecule has 0 atom stereocenters. The van der Waals surface area contributed by atoms with Crippen molar-refractivity contribution in [2.75, 3.05) is 0 Å². The van der Waals surface area contributed by atoms with Crippen LogP contribution in [-0.4, -0.2) is 16.9 Å². The summed E-state index contributed by atoms with van der Waals surface area (Å²) in [6.45, 7) is 0. The molecule has 4 nitrogen and oxygen atoms in total. The van der Waals surface area contributed by atoms with Gasteiger partial charge in [-0.25, -0.2) is 0 Å². The van der Waals surface area contributed by atoms with Gasteiger partial charge >= 0.3 is 0 Å². The van der Waals surface area contributed by atoms with Crippen molar-refractivity contribution in [3.8, 4) is 16.9 Å². The van der Waals surface area contributed by atoms with Gasteiger partial charge in [-0.2, -0.15) is 0 Å². The Labute approximate surface area is 109 Å². The van der Waals surface area contributed by atoms with Crippen LogP contribution in [-0.2, 0) is 11.2 Å². The zero-order chi connectivity index (χ0) is 13.4. The second-order valence-electron chi connectivity index (χ2n) is 4.48. The summed E-state index contributed by atoms with van der Waals surface area (Å²) in [5.74, 6) is -0.467. The van der Waals surface area contributed by atoms with Crippen molar-refractivity contribution in [2.24, 2.45) is 0 Å². The maximum atomic E-state index is 11.8. The van der Waals surface area contributed by atoms with E-state index < -0.39 is 0 Å². The number of amides is 2. The van der Waals surface area contributed by atoms with Gasteiger partial charge in [0.15, 0.2) is 0 Å². The van der Waals surface area contributed by atoms with Crippen molar-refractivity contribution in [3.63, 3.8) is 0 Å². The van der Waals surface area contributed by atoms with E-state index in [1.54, 1.807) is 30.3 Å². The summed E-state index contributed by atoms with van der Waals surface area (Å²) in [7, 11) is 0. The summed E-state index contributed by atoms with van der Waals surface area (Å²) in [4.78, 5) is 23.0. The van der Waals surface area contributed by atoms with Gasteiger partial charge in [-0.3, -0.25) is 14.9 Å². The molecule has 0 radical (unpaired) electrons. The fraction of sp³-hybridized carbons (Fsp3) is 0.0667. The number of imide groups is 1. The van der Waals surface area contributed by atoms with Crippen LogP contribution in [0.1, 0.15) is 15.9 Å². The molecule has 0 unspecified atom stereocenters. The molecule has 0 saturated heterocycles. The van der Waals surface area contributed by atoms with Crippen LogP contribution in [0.4, 0.5) is 0 Å². The molecule has 0 bridgehead atoms. The Bertz CT molecular complexity index is 692. The summed E-state index contributed by atoms with van der Waals surface area (Å²) in [6.07, 6.45) is 0.224. The molecule has 19 heavy (non-hydrogen) atoms. The number of benzene rings is 2. The lowest BCUT2D eigenvalue weighted by atomic mass is 9.95. The van der Waals surface area contributed by atoms with Crippen LogP contribution in [0.25, 0.3) is 11.1 Å². The average molecular weight is 253 g/mol. The van der Waals surface area contributed by atoms with Crippen LogP contribution in [0.15, 0.2) is 42.5 Å². The molecule has 2 aromatic rings. The number of carbonyl (C=O) groups is 2. The van der Waals surface area contributed by atoms with Crippen molar-refractivity contribution in [3.05, 3.63) is 53.6 Å². The second-order valence-corrected chi connectivity index (χ2v) is 4.48. The minimum atomic E-state index is -0.367. The van der Waals surface area contributed by atoms with Crippen molar-refractivity contribution in [1.82, 2.24) is 5.32 Å². The van der Waals surface area contributed by atoms with E-state index in [0.717, 1.165) is 16.7 Å². The molecule has 94 valence electrons. The smallest absolute Gasteiger partial charge is 0.258 e. The van der Waals surface area contributed by atoms with E-state index >= 15 is 0 Å². The molecule has 2 aromatic carbocycles. The van der Waals surface area contributed by atoms with Gasteiger partial charge in [0.05, 0.1) is 6.42 Å². The van der Waals surface area contributed by atoms with E-state index in [2.05, 4.69) is 5.32 Å². The number of hydrogen-bond donors (Lipinski definition) is 2. The number of rotatable bonds is 1. The first-order valence-corrected chi connectivity index (χ1v) is 5.90. The van der Waals surface area contributed by atoms with Gasteiger partial charge < -0.3 is 5.11 Å². The van der Waals surface area contributed by atoms with Gasteiger partial charge in [0.2, 0.25) is 5.91 Å². The van der Waals surface area contributed by atoms with Crippen molar-refractivity contribution in [1.29, 1.82) is 0 Å². The Balaban J connectivity index is 2.09. The Morgan fingerprint density at radius 2 is 1.79 bits per heavy atom. The third kappa shape index (κ3) is 2.08. The SMILES string of the molecule is O=C1Cc2ccc(-c3cccc(O)c3)cc2C(=O)N1. The highest BCUT2D eigenvalue weighted by atomic mass is 16.3. The van der Waals surface area contributed by atoms with Crippen LogP contribution < -0.4 is 5.32 Å². The normalized spacial score (nSPS) is 13.9. The number of fused-ring (bicyclic) bond motifs is 1. The fourth-order valence-corrected chi connectivity index (χ4v) is 2.22. The van der Waals surface area contributed by atoms with Gasteiger partial charge in [0, 0.05) is 5.56 Å². The Hall–Kier alpha value is -2.62. The molecular weight excluding hydrogens is 242 g/mol. The van der Waals surface area contributed by atoms with Crippen molar-refractivity contribution < 1.29 is 14.7 Å². The minimum Gasteiger partial charge on any atom is -0.508 e. The minimum absolute atomic E-state index is 0.176. The molecular formula is C15H11NO3. The van der Waals surface area contributed by atoms with Crippen LogP contribution in [0.3, 0.4) is 0 Å². The number of carbonyl (C=O) groups excluding carboxylic acids is 2. The number of phenolic OH excluding ortho intramolecular Hbond substituents is 1. The van der Waals surface area contributed by atoms with E-state index in [1.807, 2.05) is 12.1 Å². The number of aromatic hydroxyl groups is 1. The highest BCUT2D eigenvalue weighted by Crippen LogP contribution is 2.26. The summed E-state index contributed by atoms with van der Waals surface area (Å²) in [6, 6.07) is 12.2. The standard InChI is InChI=1S/C15H11NO3/c17-12-3-1-2-9(6-12)10-4-5-11-8-14(18)16-15(19)13(11)7-10/h1-7,17H,8H2,(H,16,18,19). The van der Waals surface area contributed by atoms with Crippen LogP contribution >= 0.6 is 0 Å². The third-order valence-electron chi connectivity index (χ3n) is 3.14. The summed E-state index contributed by atoms with van der Waals surface area (Å²) >= 11 is 0. The monoisotopic (exact) mass is 253 g/mol. The van der Waals surface area contributed by atoms with Crippen molar-refractivity contribution in [2.45, 2.75) is 6.42 Å². The first-order valence-electron chi connectivity index (χ1n) is 5.90. The van der Waals surface area contributed by atoms with Crippen LogP contribution in [0.2, 0.25) is 0 Å². The molecule has 2 N–H and O–H groups in total. The van der Waals surface area contributed by atoms with Crippen LogP contribution in [0.5, 0.6) is 5.75 Å². The summed E-state index contributed by atoms with van der Waals surface area (Å²) in [5, 5.41) is 11.8. The highest BCUT2D eigenvalue weighted by Gasteiger charge is 2.22. The van der Waals surface area contributed by atoms with Gasteiger partial charge in [0.1, 0.15) is 5.75 Å². The molecule has 1 heterocycles. The molecule has 0 aromatic heterocycles. The lowest BCUT2D eigenvalue weighted by Crippen LogP contribution is -2.37.